The van der Waals surface area contributed by atoms with Crippen LogP contribution in [0.3, 0.4) is 0 Å². The van der Waals surface area contributed by atoms with Gasteiger partial charge in [-0.15, -0.1) is 0 Å². The number of aliphatic imine (C=N–C) groups is 1. The van der Waals surface area contributed by atoms with Gasteiger partial charge in [-0.05, 0) is 59.9 Å². The van der Waals surface area contributed by atoms with E-state index in [-0.39, 0.29) is 23.3 Å². The zero-order chi connectivity index (χ0) is 27.7. The number of aliphatic carboxylic acids is 1. The predicted molar refractivity (Wildman–Crippen MR) is 147 cm³/mol. The molecule has 0 radical (unpaired) electrons. The van der Waals surface area contributed by atoms with Crippen LogP contribution in [0.1, 0.15) is 81.4 Å². The number of rotatable bonds is 7. The summed E-state index contributed by atoms with van der Waals surface area (Å²) in [6, 6.07) is 8.34. The quantitative estimate of drug-likeness (QED) is 0.526. The molecule has 4 rings (SSSR count). The maximum atomic E-state index is 14.3. The zero-order valence-corrected chi connectivity index (χ0v) is 23.1. The van der Waals surface area contributed by atoms with Crippen molar-refractivity contribution in [2.75, 3.05) is 7.11 Å². The van der Waals surface area contributed by atoms with Crippen LogP contribution in [0, 0.1) is 5.92 Å². The van der Waals surface area contributed by atoms with Gasteiger partial charge in [-0.25, -0.2) is 0 Å². The van der Waals surface area contributed by atoms with Gasteiger partial charge >= 0.3 is 5.97 Å². The fraction of sp³-hybridized carbons (Fsp3) is 0.467. The summed E-state index contributed by atoms with van der Waals surface area (Å²) >= 11 is 0. The topological polar surface area (TPSA) is 95.3 Å². The summed E-state index contributed by atoms with van der Waals surface area (Å²) in [5, 5.41) is 10.3. The number of methoxy groups -OCH3 is 1. The highest BCUT2D eigenvalue weighted by atomic mass is 16.5. The Morgan fingerprint density at radius 3 is 2.58 bits per heavy atom. The normalized spacial score (nSPS) is 23.7. The van der Waals surface area contributed by atoms with Crippen LogP contribution < -0.4 is 4.74 Å². The summed E-state index contributed by atoms with van der Waals surface area (Å²) < 4.78 is 5.68. The van der Waals surface area contributed by atoms with Gasteiger partial charge < -0.3 is 9.84 Å². The van der Waals surface area contributed by atoms with Crippen LogP contribution in [0.2, 0.25) is 0 Å². The standard InChI is InChI=1S/C30H38N4O4/c1-20(2)17-30(34-24(11-12-25(34)28(36)37)22-8-7-13-31-18-22)19-32-14-15-33(30)27(35)21-9-10-23(29(3,4)5)26(16-21)38-6/h7-10,13-16,18-20,24-25H,11-12,17H2,1-6H3,(H,36,37). The molecule has 1 fully saturated rings. The van der Waals surface area contributed by atoms with Gasteiger partial charge in [-0.2, -0.15) is 0 Å². The van der Waals surface area contributed by atoms with Gasteiger partial charge in [0.05, 0.1) is 7.11 Å². The highest BCUT2D eigenvalue weighted by Crippen LogP contribution is 2.46. The summed E-state index contributed by atoms with van der Waals surface area (Å²) in [5.41, 5.74) is 1.14. The Morgan fingerprint density at radius 2 is 1.97 bits per heavy atom. The van der Waals surface area contributed by atoms with E-state index in [0.717, 1.165) is 11.1 Å². The number of benzene rings is 1. The van der Waals surface area contributed by atoms with E-state index < -0.39 is 17.7 Å². The minimum atomic E-state index is -1.09. The van der Waals surface area contributed by atoms with E-state index in [0.29, 0.717) is 30.6 Å². The Hall–Kier alpha value is -3.52. The lowest BCUT2D eigenvalue weighted by atomic mass is 9.85. The van der Waals surface area contributed by atoms with Crippen LogP contribution >= 0.6 is 0 Å². The largest absolute Gasteiger partial charge is 0.496 e. The first-order valence-corrected chi connectivity index (χ1v) is 13.1. The first kappa shape index (κ1) is 27.5. The lowest BCUT2D eigenvalue weighted by Crippen LogP contribution is -2.65. The second-order valence-electron chi connectivity index (χ2n) is 11.5. The van der Waals surface area contributed by atoms with Crippen molar-refractivity contribution in [3.63, 3.8) is 0 Å². The summed E-state index contributed by atoms with van der Waals surface area (Å²) in [6.07, 6.45) is 10.1. The van der Waals surface area contributed by atoms with Crippen LogP contribution in [0.5, 0.6) is 5.75 Å². The van der Waals surface area contributed by atoms with E-state index in [1.54, 1.807) is 49.1 Å². The molecule has 1 amide bonds. The van der Waals surface area contributed by atoms with Crippen molar-refractivity contribution in [2.24, 2.45) is 10.9 Å². The number of likely N-dealkylation sites (tertiary alicyclic amines) is 1. The molecule has 202 valence electrons. The molecule has 1 aromatic heterocycles. The summed E-state index contributed by atoms with van der Waals surface area (Å²) in [5.74, 6) is -0.366. The van der Waals surface area contributed by atoms with E-state index in [1.807, 2.05) is 29.2 Å². The molecule has 38 heavy (non-hydrogen) atoms. The summed E-state index contributed by atoms with van der Waals surface area (Å²) in [6.45, 7) is 10.4. The van der Waals surface area contributed by atoms with Gasteiger partial charge in [0, 0.05) is 42.6 Å². The van der Waals surface area contributed by atoms with Crippen LogP contribution in [0.15, 0.2) is 60.1 Å². The molecule has 1 saturated heterocycles. The Bertz CT molecular complexity index is 1230. The number of aromatic nitrogens is 1. The van der Waals surface area contributed by atoms with Gasteiger partial charge in [-0.1, -0.05) is 46.8 Å². The number of pyridine rings is 1. The fourth-order valence-corrected chi connectivity index (χ4v) is 5.83. The number of carboxylic acid groups (broad SMARTS) is 1. The number of hydrogen-bond acceptors (Lipinski definition) is 6. The van der Waals surface area contributed by atoms with Crippen LogP contribution in [0.4, 0.5) is 0 Å². The van der Waals surface area contributed by atoms with Crippen molar-refractivity contribution in [1.82, 2.24) is 14.8 Å². The molecule has 3 unspecified atom stereocenters. The highest BCUT2D eigenvalue weighted by molar-refractivity contribution is 5.98. The Labute approximate surface area is 225 Å². The van der Waals surface area contributed by atoms with E-state index >= 15 is 0 Å². The molecule has 3 heterocycles. The Balaban J connectivity index is 1.86. The minimum Gasteiger partial charge on any atom is -0.496 e. The molecule has 8 nitrogen and oxygen atoms in total. The second-order valence-corrected chi connectivity index (χ2v) is 11.5. The van der Waals surface area contributed by atoms with Gasteiger partial charge in [0.2, 0.25) is 0 Å². The van der Waals surface area contributed by atoms with Crippen molar-refractivity contribution in [3.05, 3.63) is 71.8 Å². The number of amides is 1. The van der Waals surface area contributed by atoms with E-state index in [2.05, 4.69) is 44.6 Å². The van der Waals surface area contributed by atoms with Crippen LogP contribution in [-0.4, -0.2) is 56.8 Å². The fourth-order valence-electron chi connectivity index (χ4n) is 5.83. The molecule has 0 aliphatic carbocycles. The predicted octanol–water partition coefficient (Wildman–Crippen LogP) is 5.42. The Kier molecular flexibility index (Phi) is 7.74. The number of carbonyl (C=O) groups excluding carboxylic acids is 1. The molecule has 8 heteroatoms. The highest BCUT2D eigenvalue weighted by Gasteiger charge is 2.54. The van der Waals surface area contributed by atoms with E-state index in [4.69, 9.17) is 4.74 Å². The van der Waals surface area contributed by atoms with Gasteiger partial charge in [0.15, 0.2) is 0 Å². The third kappa shape index (κ3) is 5.10. The van der Waals surface area contributed by atoms with Gasteiger partial charge in [-0.3, -0.25) is 29.4 Å². The number of carbonyl (C=O) groups is 2. The summed E-state index contributed by atoms with van der Waals surface area (Å²) in [7, 11) is 1.61. The maximum absolute atomic E-state index is 14.3. The van der Waals surface area contributed by atoms with Crippen molar-refractivity contribution in [3.8, 4) is 5.75 Å². The molecule has 1 N–H and O–H groups in total. The van der Waals surface area contributed by atoms with Gasteiger partial charge in [0.1, 0.15) is 17.5 Å². The van der Waals surface area contributed by atoms with Crippen LogP contribution in [-0.2, 0) is 10.2 Å². The molecule has 2 aromatic rings. The molecular weight excluding hydrogens is 480 g/mol. The third-order valence-corrected chi connectivity index (χ3v) is 7.37. The van der Waals surface area contributed by atoms with Crippen molar-refractivity contribution in [2.45, 2.75) is 77.0 Å². The summed E-state index contributed by atoms with van der Waals surface area (Å²) in [4.78, 5) is 39.3. The van der Waals surface area contributed by atoms with Crippen LogP contribution in [0.25, 0.3) is 0 Å². The van der Waals surface area contributed by atoms with E-state index in [1.165, 1.54) is 0 Å². The molecule has 0 saturated carbocycles. The van der Waals surface area contributed by atoms with Crippen molar-refractivity contribution in [1.29, 1.82) is 0 Å². The molecular formula is C30H38N4O4. The molecule has 0 spiro atoms. The molecule has 0 bridgehead atoms. The van der Waals surface area contributed by atoms with Gasteiger partial charge in [0.25, 0.3) is 5.91 Å². The smallest absolute Gasteiger partial charge is 0.321 e. The lowest BCUT2D eigenvalue weighted by Gasteiger charge is -2.51. The SMILES string of the molecule is COc1cc(C(=O)N2C=CN=CC2(CC(C)C)N2C(C(=O)O)CCC2c2cccnc2)ccc1C(C)(C)C. The average molecular weight is 519 g/mol. The van der Waals surface area contributed by atoms with Crippen molar-refractivity contribution < 1.29 is 19.4 Å². The number of nitrogens with zero attached hydrogens (tertiary/aromatic N) is 4. The lowest BCUT2D eigenvalue weighted by molar-refractivity contribution is -0.147. The third-order valence-electron chi connectivity index (χ3n) is 7.37. The number of ether oxygens (including phenoxy) is 1. The molecule has 1 aromatic carbocycles. The van der Waals surface area contributed by atoms with Crippen molar-refractivity contribution >= 4 is 18.1 Å². The minimum absolute atomic E-state index is 0.144. The molecule has 3 atom stereocenters. The monoisotopic (exact) mass is 518 g/mol. The maximum Gasteiger partial charge on any atom is 0.321 e. The first-order chi connectivity index (χ1) is 18.0. The number of hydrogen-bond donors (Lipinski definition) is 1. The van der Waals surface area contributed by atoms with E-state index in [9.17, 15) is 14.7 Å². The molecule has 2 aliphatic heterocycles. The zero-order valence-electron chi connectivity index (χ0n) is 23.1. The first-order valence-electron chi connectivity index (χ1n) is 13.1. The Morgan fingerprint density at radius 1 is 1.21 bits per heavy atom. The average Bonchev–Trinajstić information content (AvgIpc) is 3.34. The number of carboxylic acids is 1. The molecule has 2 aliphatic rings. The second kappa shape index (κ2) is 10.7.